The third-order valence-electron chi connectivity index (χ3n) is 6.52. The number of rotatable bonds is 15. The van der Waals surface area contributed by atoms with E-state index in [1.807, 2.05) is 72.8 Å². The molecule has 43 heavy (non-hydrogen) atoms. The van der Waals surface area contributed by atoms with Crippen molar-refractivity contribution in [2.24, 2.45) is 5.73 Å². The summed E-state index contributed by atoms with van der Waals surface area (Å²) in [6, 6.07) is 25.2. The van der Waals surface area contributed by atoms with E-state index in [1.165, 1.54) is 0 Å². The Morgan fingerprint density at radius 3 is 2.35 bits per heavy atom. The molecule has 4 aromatic rings. The second-order valence-corrected chi connectivity index (χ2v) is 9.82. The number of hydrogen-bond acceptors (Lipinski definition) is 8. The Balaban J connectivity index is 1.29. The summed E-state index contributed by atoms with van der Waals surface area (Å²) >= 11 is 0. The molecule has 4 N–H and O–H groups in total. The van der Waals surface area contributed by atoms with Crippen molar-refractivity contribution in [3.63, 3.8) is 0 Å². The normalized spacial score (nSPS) is 11.7. The zero-order chi connectivity index (χ0) is 30.3. The van der Waals surface area contributed by atoms with E-state index >= 15 is 0 Å². The molecule has 0 saturated heterocycles. The maximum Gasteiger partial charge on any atom is 0.408 e. The SMILES string of the molecule is NCCCCC(NC(=O)OCc1ccccc1)C(=O)c1noc(Cc2ccc(C(=O)NC/C=C/c3ccccc3)cc2)n1. The predicted octanol–water partition coefficient (Wildman–Crippen LogP) is 4.71. The van der Waals surface area contributed by atoms with Crippen molar-refractivity contribution < 1.29 is 23.6 Å². The minimum Gasteiger partial charge on any atom is -0.445 e. The highest BCUT2D eigenvalue weighted by Crippen LogP contribution is 2.13. The van der Waals surface area contributed by atoms with E-state index in [1.54, 1.807) is 24.3 Å². The molecule has 2 amide bonds. The van der Waals surface area contributed by atoms with Crippen molar-refractivity contribution in [3.05, 3.63) is 125 Å². The Morgan fingerprint density at radius 1 is 0.907 bits per heavy atom. The number of Topliss-reactive ketones (excluding diaryl/α,β-unsaturated/α-hetero) is 1. The van der Waals surface area contributed by atoms with E-state index in [9.17, 15) is 14.4 Å². The van der Waals surface area contributed by atoms with E-state index < -0.39 is 17.9 Å². The van der Waals surface area contributed by atoms with Gasteiger partial charge in [-0.3, -0.25) is 9.59 Å². The van der Waals surface area contributed by atoms with Crippen molar-refractivity contribution in [2.75, 3.05) is 13.1 Å². The van der Waals surface area contributed by atoms with Crippen LogP contribution >= 0.6 is 0 Å². The number of amides is 2. The number of nitrogens with zero attached hydrogens (tertiary/aromatic N) is 2. The minimum atomic E-state index is -0.888. The first kappa shape index (κ1) is 30.9. The van der Waals surface area contributed by atoms with Crippen molar-refractivity contribution in [3.8, 4) is 0 Å². The van der Waals surface area contributed by atoms with Crippen LogP contribution in [0.15, 0.2) is 95.5 Å². The van der Waals surface area contributed by atoms with Gasteiger partial charge in [0.05, 0.1) is 12.5 Å². The summed E-state index contributed by atoms with van der Waals surface area (Å²) in [4.78, 5) is 42.4. The summed E-state index contributed by atoms with van der Waals surface area (Å²) in [5.74, 6) is -0.558. The molecule has 0 aliphatic carbocycles. The first-order valence-corrected chi connectivity index (χ1v) is 14.1. The van der Waals surface area contributed by atoms with Crippen molar-refractivity contribution in [1.29, 1.82) is 0 Å². The monoisotopic (exact) mass is 581 g/mol. The highest BCUT2D eigenvalue weighted by atomic mass is 16.5. The number of unbranched alkanes of at least 4 members (excludes halogenated alkanes) is 1. The molecule has 0 fully saturated rings. The molecule has 1 atom stereocenters. The molecule has 0 bridgehead atoms. The second kappa shape index (κ2) is 16.4. The van der Waals surface area contributed by atoms with E-state index in [0.29, 0.717) is 37.9 Å². The summed E-state index contributed by atoms with van der Waals surface area (Å²) in [5, 5.41) is 9.34. The van der Waals surface area contributed by atoms with Gasteiger partial charge in [-0.25, -0.2) is 4.79 Å². The molecule has 10 heteroatoms. The fourth-order valence-corrected chi connectivity index (χ4v) is 4.21. The van der Waals surface area contributed by atoms with E-state index in [-0.39, 0.29) is 30.7 Å². The van der Waals surface area contributed by atoms with Gasteiger partial charge in [0.25, 0.3) is 5.91 Å². The van der Waals surface area contributed by atoms with Gasteiger partial charge >= 0.3 is 6.09 Å². The summed E-state index contributed by atoms with van der Waals surface area (Å²) in [6.07, 6.45) is 5.07. The van der Waals surface area contributed by atoms with Gasteiger partial charge in [-0.15, -0.1) is 0 Å². The van der Waals surface area contributed by atoms with Crippen LogP contribution in [0.3, 0.4) is 0 Å². The zero-order valence-electron chi connectivity index (χ0n) is 23.8. The van der Waals surface area contributed by atoms with Crippen LogP contribution in [0, 0.1) is 0 Å². The van der Waals surface area contributed by atoms with E-state index in [4.69, 9.17) is 15.0 Å². The number of ketones is 1. The topological polar surface area (TPSA) is 149 Å². The summed E-state index contributed by atoms with van der Waals surface area (Å²) in [7, 11) is 0. The molecule has 0 saturated carbocycles. The van der Waals surface area contributed by atoms with Crippen LogP contribution in [0.4, 0.5) is 4.79 Å². The average Bonchev–Trinajstić information content (AvgIpc) is 3.51. The van der Waals surface area contributed by atoms with Crippen molar-refractivity contribution in [1.82, 2.24) is 20.8 Å². The Kier molecular flexibility index (Phi) is 11.8. The quantitative estimate of drug-likeness (QED) is 0.135. The molecule has 0 radical (unpaired) electrons. The number of ether oxygens (including phenoxy) is 1. The highest BCUT2D eigenvalue weighted by molar-refractivity contribution is 5.98. The van der Waals surface area contributed by atoms with Crippen LogP contribution in [-0.2, 0) is 17.8 Å². The fourth-order valence-electron chi connectivity index (χ4n) is 4.21. The van der Waals surface area contributed by atoms with Gasteiger partial charge in [0.15, 0.2) is 0 Å². The Hall–Kier alpha value is -5.09. The number of aromatic nitrogens is 2. The molecule has 1 aromatic heterocycles. The Morgan fingerprint density at radius 2 is 1.63 bits per heavy atom. The number of nitrogens with one attached hydrogen (secondary N) is 2. The molecule has 222 valence electrons. The number of carbonyl (C=O) groups excluding carboxylic acids is 3. The first-order chi connectivity index (χ1) is 21.0. The molecule has 10 nitrogen and oxygen atoms in total. The van der Waals surface area contributed by atoms with Crippen LogP contribution in [-0.4, -0.2) is 47.1 Å². The van der Waals surface area contributed by atoms with Crippen LogP contribution < -0.4 is 16.4 Å². The van der Waals surface area contributed by atoms with Crippen LogP contribution in [0.25, 0.3) is 6.08 Å². The predicted molar refractivity (Wildman–Crippen MR) is 162 cm³/mol. The molecule has 0 aliphatic rings. The third-order valence-corrected chi connectivity index (χ3v) is 6.52. The molecule has 4 rings (SSSR count). The smallest absolute Gasteiger partial charge is 0.408 e. The molecule has 0 aliphatic heterocycles. The molecular formula is C33H35N5O5. The molecule has 0 spiro atoms. The average molecular weight is 582 g/mol. The molecule has 3 aromatic carbocycles. The van der Waals surface area contributed by atoms with Crippen LogP contribution in [0.2, 0.25) is 0 Å². The van der Waals surface area contributed by atoms with E-state index in [0.717, 1.165) is 16.7 Å². The maximum atomic E-state index is 13.2. The minimum absolute atomic E-state index is 0.0779. The number of hydrogen-bond donors (Lipinski definition) is 3. The standard InChI is InChI=1S/C33H35N5O5/c34-20-8-7-15-28(36-33(41)42-23-26-12-5-2-6-13-26)30(39)31-37-29(43-38-31)22-25-16-18-27(19-17-25)32(40)35-21-9-14-24-10-3-1-4-11-24/h1-6,9-14,16-19,28H,7-8,15,20-23,34H2,(H,35,40)(H,36,41)/b14-9+. The molecular weight excluding hydrogens is 546 g/mol. The Labute approximate surface area is 250 Å². The van der Waals surface area contributed by atoms with Gasteiger partial charge in [-0.1, -0.05) is 90.1 Å². The van der Waals surface area contributed by atoms with Crippen LogP contribution in [0.1, 0.15) is 62.8 Å². The van der Waals surface area contributed by atoms with Gasteiger partial charge in [-0.05, 0) is 54.6 Å². The third kappa shape index (κ3) is 10.0. The lowest BCUT2D eigenvalue weighted by atomic mass is 10.0. The van der Waals surface area contributed by atoms with Gasteiger partial charge in [0.1, 0.15) is 6.61 Å². The Bertz CT molecular complexity index is 1490. The van der Waals surface area contributed by atoms with Crippen molar-refractivity contribution >= 4 is 23.9 Å². The first-order valence-electron chi connectivity index (χ1n) is 14.1. The zero-order valence-corrected chi connectivity index (χ0v) is 23.8. The van der Waals surface area contributed by atoms with E-state index in [2.05, 4.69) is 20.8 Å². The van der Waals surface area contributed by atoms with Gasteiger partial charge in [0.2, 0.25) is 17.5 Å². The summed E-state index contributed by atoms with van der Waals surface area (Å²) < 4.78 is 10.6. The van der Waals surface area contributed by atoms with Gasteiger partial charge in [0, 0.05) is 12.1 Å². The van der Waals surface area contributed by atoms with Crippen molar-refractivity contribution in [2.45, 2.75) is 38.3 Å². The number of nitrogens with two attached hydrogens (primary N) is 1. The number of benzene rings is 3. The summed E-state index contributed by atoms with van der Waals surface area (Å²) in [5.41, 5.74) is 8.84. The number of carbonyl (C=O) groups is 3. The molecule has 1 heterocycles. The lowest BCUT2D eigenvalue weighted by Gasteiger charge is -2.16. The van der Waals surface area contributed by atoms with Crippen LogP contribution in [0.5, 0.6) is 0 Å². The highest BCUT2D eigenvalue weighted by Gasteiger charge is 2.27. The molecule has 1 unspecified atom stereocenters. The van der Waals surface area contributed by atoms with Gasteiger partial charge in [-0.2, -0.15) is 4.98 Å². The lowest BCUT2D eigenvalue weighted by molar-refractivity contribution is 0.0896. The number of alkyl carbamates (subject to hydrolysis) is 1. The maximum absolute atomic E-state index is 13.2. The fraction of sp³-hybridized carbons (Fsp3) is 0.242. The lowest BCUT2D eigenvalue weighted by Crippen LogP contribution is -2.41. The largest absolute Gasteiger partial charge is 0.445 e. The second-order valence-electron chi connectivity index (χ2n) is 9.82. The van der Waals surface area contributed by atoms with Gasteiger partial charge < -0.3 is 25.6 Å². The summed E-state index contributed by atoms with van der Waals surface area (Å²) in [6.45, 7) is 0.951.